The van der Waals surface area contributed by atoms with Gasteiger partial charge in [-0.05, 0) is 36.4 Å². The second-order valence-corrected chi connectivity index (χ2v) is 5.41. The van der Waals surface area contributed by atoms with E-state index in [2.05, 4.69) is 11.1 Å². The number of nitriles is 1. The largest absolute Gasteiger partial charge is 0.455 e. The highest BCUT2D eigenvalue weighted by molar-refractivity contribution is 6.30. The molecule has 0 saturated carbocycles. The number of halogens is 1. The predicted octanol–water partition coefficient (Wildman–Crippen LogP) is 5.17. The molecule has 0 amide bonds. The normalized spacial score (nSPS) is 10.9. The Morgan fingerprint density at radius 2 is 1.95 bits per heavy atom. The van der Waals surface area contributed by atoms with Crippen LogP contribution >= 0.6 is 11.6 Å². The third-order valence-electron chi connectivity index (χ3n) is 3.63. The Hall–Kier alpha value is -2.83. The zero-order chi connectivity index (χ0) is 15.1. The number of hydrogen-bond donors (Lipinski definition) is 0. The third-order valence-corrected chi connectivity index (χ3v) is 3.85. The van der Waals surface area contributed by atoms with Gasteiger partial charge in [-0.2, -0.15) is 5.26 Å². The number of benzene rings is 2. The van der Waals surface area contributed by atoms with Crippen molar-refractivity contribution < 1.29 is 4.42 Å². The molecule has 3 nitrogen and oxygen atoms in total. The van der Waals surface area contributed by atoms with E-state index in [0.717, 1.165) is 33.2 Å². The van der Waals surface area contributed by atoms with Gasteiger partial charge < -0.3 is 4.42 Å². The van der Waals surface area contributed by atoms with Gasteiger partial charge in [0.05, 0.1) is 22.3 Å². The Labute approximate surface area is 131 Å². The highest BCUT2D eigenvalue weighted by Gasteiger charge is 2.13. The van der Waals surface area contributed by atoms with Crippen LogP contribution in [0.3, 0.4) is 0 Å². The van der Waals surface area contributed by atoms with Gasteiger partial charge in [0.1, 0.15) is 11.2 Å². The van der Waals surface area contributed by atoms with E-state index >= 15 is 0 Å². The van der Waals surface area contributed by atoms with E-state index in [1.807, 2.05) is 36.4 Å². The van der Waals surface area contributed by atoms with Crippen LogP contribution in [0.5, 0.6) is 0 Å². The molecular formula is C18H9ClN2O. The van der Waals surface area contributed by atoms with Crippen molar-refractivity contribution in [2.24, 2.45) is 0 Å². The van der Waals surface area contributed by atoms with E-state index in [9.17, 15) is 0 Å². The minimum atomic E-state index is 0.596. The fourth-order valence-electron chi connectivity index (χ4n) is 2.60. The summed E-state index contributed by atoms with van der Waals surface area (Å²) < 4.78 is 5.99. The number of fused-ring (bicyclic) bond motifs is 3. The summed E-state index contributed by atoms with van der Waals surface area (Å²) in [6.45, 7) is 0. The molecule has 2 aromatic carbocycles. The lowest BCUT2D eigenvalue weighted by Gasteiger charge is -2.01. The zero-order valence-electron chi connectivity index (χ0n) is 11.4. The van der Waals surface area contributed by atoms with Crippen molar-refractivity contribution in [3.8, 4) is 17.3 Å². The predicted molar refractivity (Wildman–Crippen MR) is 86.7 cm³/mol. The number of nitrogens with zero attached hydrogens (tertiary/aromatic N) is 2. The lowest BCUT2D eigenvalue weighted by atomic mass is 10.1. The lowest BCUT2D eigenvalue weighted by Crippen LogP contribution is -1.83. The summed E-state index contributed by atoms with van der Waals surface area (Å²) in [6.07, 6.45) is 1.62. The van der Waals surface area contributed by atoms with Crippen LogP contribution < -0.4 is 0 Å². The van der Waals surface area contributed by atoms with E-state index in [0.29, 0.717) is 10.6 Å². The van der Waals surface area contributed by atoms with Gasteiger partial charge in [-0.25, -0.2) is 0 Å². The SMILES string of the molecule is N#Cc1ccc2oc3c(-c4ccc(Cl)cn4)cccc3c2c1. The van der Waals surface area contributed by atoms with Crippen LogP contribution in [0.4, 0.5) is 0 Å². The Balaban J connectivity index is 2.05. The molecule has 0 bridgehead atoms. The minimum absolute atomic E-state index is 0.596. The number of rotatable bonds is 1. The van der Waals surface area contributed by atoms with Gasteiger partial charge in [-0.3, -0.25) is 4.98 Å². The van der Waals surface area contributed by atoms with Crippen LogP contribution in [0.1, 0.15) is 5.56 Å². The van der Waals surface area contributed by atoms with E-state index in [4.69, 9.17) is 21.3 Å². The average molecular weight is 305 g/mol. The summed E-state index contributed by atoms with van der Waals surface area (Å²) >= 11 is 5.90. The maximum atomic E-state index is 9.06. The number of furan rings is 1. The molecular weight excluding hydrogens is 296 g/mol. The maximum absolute atomic E-state index is 9.06. The summed E-state index contributed by atoms with van der Waals surface area (Å²) in [5, 5.41) is 11.6. The molecule has 0 atom stereocenters. The standard InChI is InChI=1S/C18H9ClN2O/c19-12-5-6-16(21-10-12)14-3-1-2-13-15-8-11(9-20)4-7-17(15)22-18(13)14/h1-8,10H. The molecule has 0 radical (unpaired) electrons. The van der Waals surface area contributed by atoms with Gasteiger partial charge in [0.2, 0.25) is 0 Å². The molecule has 0 unspecified atom stereocenters. The van der Waals surface area contributed by atoms with Crippen molar-refractivity contribution in [3.05, 3.63) is 65.3 Å². The first kappa shape index (κ1) is 12.9. The van der Waals surface area contributed by atoms with Crippen molar-refractivity contribution in [1.82, 2.24) is 4.98 Å². The van der Waals surface area contributed by atoms with Crippen LogP contribution in [0.15, 0.2) is 59.1 Å². The van der Waals surface area contributed by atoms with Gasteiger partial charge in [-0.15, -0.1) is 0 Å². The molecule has 4 aromatic rings. The van der Waals surface area contributed by atoms with Crippen molar-refractivity contribution in [1.29, 1.82) is 5.26 Å². The molecule has 0 aliphatic carbocycles. The molecule has 2 aromatic heterocycles. The molecule has 0 spiro atoms. The molecule has 104 valence electrons. The van der Waals surface area contributed by atoms with E-state index in [1.54, 1.807) is 18.3 Å². The minimum Gasteiger partial charge on any atom is -0.455 e. The number of para-hydroxylation sites is 1. The first-order chi connectivity index (χ1) is 10.8. The molecule has 22 heavy (non-hydrogen) atoms. The number of pyridine rings is 1. The summed E-state index contributed by atoms with van der Waals surface area (Å²) in [7, 11) is 0. The maximum Gasteiger partial charge on any atom is 0.144 e. The van der Waals surface area contributed by atoms with Gasteiger partial charge in [0.25, 0.3) is 0 Å². The zero-order valence-corrected chi connectivity index (χ0v) is 12.1. The Morgan fingerprint density at radius 3 is 2.73 bits per heavy atom. The first-order valence-electron chi connectivity index (χ1n) is 6.73. The van der Waals surface area contributed by atoms with Crippen LogP contribution in [0, 0.1) is 11.3 Å². The molecule has 2 heterocycles. The quantitative estimate of drug-likeness (QED) is 0.487. The summed E-state index contributed by atoms with van der Waals surface area (Å²) in [4.78, 5) is 4.36. The van der Waals surface area contributed by atoms with E-state index in [1.165, 1.54) is 0 Å². The molecule has 0 aliphatic heterocycles. The summed E-state index contributed by atoms with van der Waals surface area (Å²) in [6, 6.07) is 17.2. The van der Waals surface area contributed by atoms with E-state index in [-0.39, 0.29) is 0 Å². The van der Waals surface area contributed by atoms with Gasteiger partial charge in [0, 0.05) is 22.5 Å². The number of hydrogen-bond acceptors (Lipinski definition) is 3. The molecule has 4 rings (SSSR count). The van der Waals surface area contributed by atoms with Crippen LogP contribution in [0.25, 0.3) is 33.2 Å². The topological polar surface area (TPSA) is 49.8 Å². The monoisotopic (exact) mass is 304 g/mol. The first-order valence-corrected chi connectivity index (χ1v) is 7.11. The van der Waals surface area contributed by atoms with Gasteiger partial charge in [0.15, 0.2) is 0 Å². The third kappa shape index (κ3) is 1.93. The Bertz CT molecular complexity index is 1040. The number of aromatic nitrogens is 1. The second kappa shape index (κ2) is 4.87. The molecule has 0 N–H and O–H groups in total. The average Bonchev–Trinajstić information content (AvgIpc) is 2.93. The summed E-state index contributed by atoms with van der Waals surface area (Å²) in [5.74, 6) is 0. The van der Waals surface area contributed by atoms with Crippen molar-refractivity contribution >= 4 is 33.5 Å². The molecule has 0 saturated heterocycles. The Morgan fingerprint density at radius 1 is 1.05 bits per heavy atom. The second-order valence-electron chi connectivity index (χ2n) is 4.97. The van der Waals surface area contributed by atoms with Crippen molar-refractivity contribution in [2.45, 2.75) is 0 Å². The van der Waals surface area contributed by atoms with Crippen molar-refractivity contribution in [2.75, 3.05) is 0 Å². The fraction of sp³-hybridized carbons (Fsp3) is 0. The van der Waals surface area contributed by atoms with Crippen molar-refractivity contribution in [3.63, 3.8) is 0 Å². The molecule has 0 aliphatic rings. The molecule has 0 fully saturated rings. The fourth-order valence-corrected chi connectivity index (χ4v) is 2.72. The van der Waals surface area contributed by atoms with Gasteiger partial charge in [-0.1, -0.05) is 23.7 Å². The smallest absolute Gasteiger partial charge is 0.144 e. The van der Waals surface area contributed by atoms with Gasteiger partial charge >= 0.3 is 0 Å². The molecule has 4 heteroatoms. The summed E-state index contributed by atoms with van der Waals surface area (Å²) in [5.41, 5.74) is 3.85. The van der Waals surface area contributed by atoms with Crippen LogP contribution in [-0.2, 0) is 0 Å². The van der Waals surface area contributed by atoms with Crippen LogP contribution in [-0.4, -0.2) is 4.98 Å². The highest BCUT2D eigenvalue weighted by atomic mass is 35.5. The Kier molecular flexibility index (Phi) is 2.85. The van der Waals surface area contributed by atoms with E-state index < -0.39 is 0 Å². The highest BCUT2D eigenvalue weighted by Crippen LogP contribution is 2.35. The van der Waals surface area contributed by atoms with Crippen LogP contribution in [0.2, 0.25) is 5.02 Å². The lowest BCUT2D eigenvalue weighted by molar-refractivity contribution is 0.670.